The van der Waals surface area contributed by atoms with Crippen molar-refractivity contribution in [2.24, 2.45) is 0 Å². The Morgan fingerprint density at radius 3 is 2.40 bits per heavy atom. The van der Waals surface area contributed by atoms with Gasteiger partial charge in [-0.05, 0) is 44.5 Å². The smallest absolute Gasteiger partial charge is 0.329 e. The molecule has 6 heteroatoms. The molecule has 2 N–H and O–H groups in total. The molecule has 2 atom stereocenters. The largest absolute Gasteiger partial charge is 0.481 e. The van der Waals surface area contributed by atoms with Crippen LogP contribution in [0.5, 0.6) is 5.75 Å². The molecule has 0 aliphatic carbocycles. The van der Waals surface area contributed by atoms with Gasteiger partial charge in [-0.25, -0.2) is 4.79 Å². The number of aliphatic carboxylic acids is 1. The number of carbonyl (C=O) groups excluding carboxylic acids is 1. The van der Waals surface area contributed by atoms with E-state index >= 15 is 0 Å². The number of ether oxygens (including phenoxy) is 1. The number of carboxylic acid groups (broad SMARTS) is 1. The van der Waals surface area contributed by atoms with E-state index in [1.54, 1.807) is 38.1 Å². The summed E-state index contributed by atoms with van der Waals surface area (Å²) in [5.41, 5.74) is -1.30. The molecule has 0 saturated carbocycles. The van der Waals surface area contributed by atoms with E-state index in [2.05, 4.69) is 5.32 Å². The number of carboxylic acids is 1. The number of rotatable bonds is 6. The molecule has 0 bridgehead atoms. The van der Waals surface area contributed by atoms with E-state index in [4.69, 9.17) is 21.4 Å². The van der Waals surface area contributed by atoms with Gasteiger partial charge in [0.15, 0.2) is 6.10 Å². The number of benzene rings is 1. The van der Waals surface area contributed by atoms with Crippen LogP contribution in [0.1, 0.15) is 27.2 Å². The summed E-state index contributed by atoms with van der Waals surface area (Å²) in [6.07, 6.45) is -0.525. The van der Waals surface area contributed by atoms with Crippen molar-refractivity contribution >= 4 is 23.5 Å². The molecule has 20 heavy (non-hydrogen) atoms. The molecule has 0 heterocycles. The third kappa shape index (κ3) is 4.13. The van der Waals surface area contributed by atoms with E-state index in [9.17, 15) is 9.59 Å². The van der Waals surface area contributed by atoms with Crippen molar-refractivity contribution in [2.45, 2.75) is 38.8 Å². The first-order valence-corrected chi connectivity index (χ1v) is 6.64. The first-order valence-electron chi connectivity index (χ1n) is 6.26. The van der Waals surface area contributed by atoms with Gasteiger partial charge in [0, 0.05) is 5.02 Å². The second-order valence-electron chi connectivity index (χ2n) is 4.69. The quantitative estimate of drug-likeness (QED) is 0.846. The van der Waals surface area contributed by atoms with Crippen molar-refractivity contribution in [1.82, 2.24) is 5.32 Å². The maximum atomic E-state index is 12.0. The monoisotopic (exact) mass is 299 g/mol. The lowest BCUT2D eigenvalue weighted by molar-refractivity contribution is -0.148. The van der Waals surface area contributed by atoms with Crippen LogP contribution in [0.2, 0.25) is 5.02 Å². The number of nitrogens with one attached hydrogen (secondary N) is 1. The molecule has 0 radical (unpaired) electrons. The molecule has 0 aliphatic rings. The molecule has 1 amide bonds. The lowest BCUT2D eigenvalue weighted by Gasteiger charge is -2.26. The zero-order chi connectivity index (χ0) is 15.3. The maximum Gasteiger partial charge on any atom is 0.329 e. The summed E-state index contributed by atoms with van der Waals surface area (Å²) < 4.78 is 5.44. The van der Waals surface area contributed by atoms with Crippen molar-refractivity contribution < 1.29 is 19.4 Å². The summed E-state index contributed by atoms with van der Waals surface area (Å²) in [6, 6.07) is 6.58. The van der Waals surface area contributed by atoms with Crippen LogP contribution in [0.4, 0.5) is 0 Å². The van der Waals surface area contributed by atoms with Crippen LogP contribution < -0.4 is 10.1 Å². The van der Waals surface area contributed by atoms with Crippen LogP contribution >= 0.6 is 11.6 Å². The molecular formula is C14H18ClNO4. The fourth-order valence-electron chi connectivity index (χ4n) is 1.44. The van der Waals surface area contributed by atoms with Crippen LogP contribution in [0, 0.1) is 0 Å². The Morgan fingerprint density at radius 1 is 1.40 bits per heavy atom. The van der Waals surface area contributed by atoms with Crippen LogP contribution in [0.3, 0.4) is 0 Å². The molecule has 110 valence electrons. The third-order valence-electron chi connectivity index (χ3n) is 3.07. The Kier molecular flexibility index (Phi) is 5.39. The normalized spacial score (nSPS) is 15.0. The van der Waals surface area contributed by atoms with Crippen LogP contribution in [-0.2, 0) is 9.59 Å². The molecule has 1 aromatic rings. The van der Waals surface area contributed by atoms with Crippen molar-refractivity contribution in [1.29, 1.82) is 0 Å². The average molecular weight is 300 g/mol. The number of hydrogen-bond acceptors (Lipinski definition) is 3. The second-order valence-corrected chi connectivity index (χ2v) is 5.13. The van der Waals surface area contributed by atoms with E-state index in [0.717, 1.165) is 0 Å². The van der Waals surface area contributed by atoms with Crippen LogP contribution in [-0.4, -0.2) is 28.6 Å². The van der Waals surface area contributed by atoms with Gasteiger partial charge >= 0.3 is 5.97 Å². The van der Waals surface area contributed by atoms with Crippen LogP contribution in [0.15, 0.2) is 24.3 Å². The highest BCUT2D eigenvalue weighted by atomic mass is 35.5. The van der Waals surface area contributed by atoms with Crippen molar-refractivity contribution in [2.75, 3.05) is 0 Å². The van der Waals surface area contributed by atoms with Crippen molar-refractivity contribution in [3.63, 3.8) is 0 Å². The van der Waals surface area contributed by atoms with Crippen LogP contribution in [0.25, 0.3) is 0 Å². The summed E-state index contributed by atoms with van der Waals surface area (Å²) in [6.45, 7) is 4.71. The van der Waals surface area contributed by atoms with Crippen molar-refractivity contribution in [3.8, 4) is 5.75 Å². The molecule has 5 nitrogen and oxygen atoms in total. The Hall–Kier alpha value is -1.75. The number of halogens is 1. The van der Waals surface area contributed by atoms with Crippen molar-refractivity contribution in [3.05, 3.63) is 29.3 Å². The molecular weight excluding hydrogens is 282 g/mol. The zero-order valence-corrected chi connectivity index (χ0v) is 12.4. The summed E-state index contributed by atoms with van der Waals surface area (Å²) in [7, 11) is 0. The number of hydrogen-bond donors (Lipinski definition) is 2. The van der Waals surface area contributed by atoms with Gasteiger partial charge in [-0.3, -0.25) is 4.79 Å². The predicted molar refractivity (Wildman–Crippen MR) is 76.0 cm³/mol. The van der Waals surface area contributed by atoms with Gasteiger partial charge in [-0.1, -0.05) is 18.5 Å². The van der Waals surface area contributed by atoms with Gasteiger partial charge in [-0.2, -0.15) is 0 Å². The summed E-state index contributed by atoms with van der Waals surface area (Å²) in [4.78, 5) is 23.1. The van der Waals surface area contributed by atoms with E-state index in [0.29, 0.717) is 10.8 Å². The second kappa shape index (κ2) is 6.61. The molecule has 1 rings (SSSR count). The summed E-state index contributed by atoms with van der Waals surface area (Å²) in [5.74, 6) is -1.07. The minimum atomic E-state index is -1.30. The first kappa shape index (κ1) is 16.3. The van der Waals surface area contributed by atoms with E-state index < -0.39 is 23.5 Å². The number of amides is 1. The minimum absolute atomic E-state index is 0.280. The summed E-state index contributed by atoms with van der Waals surface area (Å²) in [5, 5.41) is 12.2. The Bertz CT molecular complexity index is 488. The van der Waals surface area contributed by atoms with Gasteiger partial charge in [0.2, 0.25) is 0 Å². The van der Waals surface area contributed by atoms with Gasteiger partial charge in [-0.15, -0.1) is 0 Å². The van der Waals surface area contributed by atoms with E-state index in [1.165, 1.54) is 6.92 Å². The van der Waals surface area contributed by atoms with Gasteiger partial charge in [0.1, 0.15) is 11.3 Å². The Balaban J connectivity index is 2.67. The molecule has 1 aromatic carbocycles. The fraction of sp³-hybridized carbons (Fsp3) is 0.429. The van der Waals surface area contributed by atoms with Gasteiger partial charge in [0.05, 0.1) is 0 Å². The minimum Gasteiger partial charge on any atom is -0.481 e. The fourth-order valence-corrected chi connectivity index (χ4v) is 1.56. The average Bonchev–Trinajstić information content (AvgIpc) is 2.40. The molecule has 0 fully saturated rings. The highest BCUT2D eigenvalue weighted by Gasteiger charge is 2.34. The van der Waals surface area contributed by atoms with Gasteiger partial charge < -0.3 is 15.2 Å². The SMILES string of the molecule is CCC(C)(NC(=O)C(C)Oc1ccc(Cl)cc1)C(=O)O. The van der Waals surface area contributed by atoms with Gasteiger partial charge in [0.25, 0.3) is 5.91 Å². The molecule has 0 aliphatic heterocycles. The molecule has 2 unspecified atom stereocenters. The molecule has 0 saturated heterocycles. The zero-order valence-electron chi connectivity index (χ0n) is 11.6. The Morgan fingerprint density at radius 2 is 1.95 bits per heavy atom. The first-order chi connectivity index (χ1) is 9.28. The predicted octanol–water partition coefficient (Wildman–Crippen LogP) is 2.48. The lowest BCUT2D eigenvalue weighted by Crippen LogP contribution is -2.54. The number of carbonyl (C=O) groups is 2. The summed E-state index contributed by atoms with van der Waals surface area (Å²) >= 11 is 5.75. The van der Waals surface area contributed by atoms with E-state index in [1.807, 2.05) is 0 Å². The maximum absolute atomic E-state index is 12.0. The lowest BCUT2D eigenvalue weighted by atomic mass is 9.99. The third-order valence-corrected chi connectivity index (χ3v) is 3.33. The topological polar surface area (TPSA) is 75.6 Å². The molecule has 0 aromatic heterocycles. The highest BCUT2D eigenvalue weighted by molar-refractivity contribution is 6.30. The van der Waals surface area contributed by atoms with E-state index in [-0.39, 0.29) is 6.42 Å². The molecule has 0 spiro atoms. The highest BCUT2D eigenvalue weighted by Crippen LogP contribution is 2.17. The standard InChI is InChI=1S/C14H18ClNO4/c1-4-14(3,13(18)19)16-12(17)9(2)20-11-7-5-10(15)6-8-11/h5-9H,4H2,1-3H3,(H,16,17)(H,18,19). The Labute approximate surface area is 122 Å².